The Kier molecular flexibility index (Phi) is 5.24. The van der Waals surface area contributed by atoms with Crippen molar-refractivity contribution in [2.24, 2.45) is 0 Å². The number of hydrogen-bond donors (Lipinski definition) is 1. The first kappa shape index (κ1) is 17.7. The second-order valence-electron chi connectivity index (χ2n) is 6.26. The van der Waals surface area contributed by atoms with Crippen molar-refractivity contribution >= 4 is 22.4 Å². The van der Waals surface area contributed by atoms with Gasteiger partial charge in [0.05, 0.1) is 19.9 Å². The Morgan fingerprint density at radius 3 is 2.52 bits per heavy atom. The molecule has 0 saturated carbocycles. The average Bonchev–Trinajstić information content (AvgIpc) is 3.02. The van der Waals surface area contributed by atoms with Gasteiger partial charge in [0.1, 0.15) is 11.5 Å². The highest BCUT2D eigenvalue weighted by Crippen LogP contribution is 2.30. The van der Waals surface area contributed by atoms with Crippen LogP contribution in [-0.2, 0) is 13.0 Å². The fourth-order valence-corrected chi connectivity index (χ4v) is 3.85. The van der Waals surface area contributed by atoms with Gasteiger partial charge in [-0.3, -0.25) is 15.0 Å². The Bertz CT molecular complexity index is 751. The van der Waals surface area contributed by atoms with Crippen molar-refractivity contribution in [2.75, 3.05) is 26.1 Å². The SMILES string of the molecule is COc1cc(OC)cc(C(=O)Nc2nc3c(s2)CN(C(C)C)CC3)c1. The van der Waals surface area contributed by atoms with Gasteiger partial charge < -0.3 is 9.47 Å². The molecule has 0 unspecified atom stereocenters. The van der Waals surface area contributed by atoms with E-state index in [2.05, 4.69) is 29.0 Å². The molecule has 1 aliphatic heterocycles. The summed E-state index contributed by atoms with van der Waals surface area (Å²) in [6.07, 6.45) is 0.923. The van der Waals surface area contributed by atoms with Crippen LogP contribution in [0.15, 0.2) is 18.2 Å². The molecule has 1 amide bonds. The summed E-state index contributed by atoms with van der Waals surface area (Å²) in [6, 6.07) is 5.62. The van der Waals surface area contributed by atoms with Gasteiger partial charge in [-0.1, -0.05) is 0 Å². The first-order valence-corrected chi connectivity index (χ1v) is 9.09. The third-order valence-electron chi connectivity index (χ3n) is 4.33. The van der Waals surface area contributed by atoms with E-state index in [1.54, 1.807) is 43.8 Å². The van der Waals surface area contributed by atoms with E-state index in [1.807, 2.05) is 0 Å². The van der Waals surface area contributed by atoms with Gasteiger partial charge in [0, 0.05) is 42.1 Å². The fourth-order valence-electron chi connectivity index (χ4n) is 2.82. The molecule has 1 aliphatic rings. The lowest BCUT2D eigenvalue weighted by atomic mass is 10.1. The van der Waals surface area contributed by atoms with Crippen molar-refractivity contribution in [3.63, 3.8) is 0 Å². The topological polar surface area (TPSA) is 63.7 Å². The van der Waals surface area contributed by atoms with Crippen molar-refractivity contribution in [3.05, 3.63) is 34.3 Å². The maximum absolute atomic E-state index is 12.6. The molecule has 2 heterocycles. The molecule has 25 heavy (non-hydrogen) atoms. The molecule has 0 aliphatic carbocycles. The van der Waals surface area contributed by atoms with Gasteiger partial charge in [-0.25, -0.2) is 4.98 Å². The first-order valence-electron chi connectivity index (χ1n) is 8.27. The van der Waals surface area contributed by atoms with Crippen LogP contribution in [0.5, 0.6) is 11.5 Å². The minimum absolute atomic E-state index is 0.219. The highest BCUT2D eigenvalue weighted by Gasteiger charge is 2.23. The second-order valence-corrected chi connectivity index (χ2v) is 7.34. The number of aromatic nitrogens is 1. The molecule has 0 atom stereocenters. The maximum atomic E-state index is 12.6. The lowest BCUT2D eigenvalue weighted by Crippen LogP contribution is -2.35. The number of nitrogens with zero attached hydrogens (tertiary/aromatic N) is 2. The van der Waals surface area contributed by atoms with Crippen LogP contribution in [-0.4, -0.2) is 42.6 Å². The molecule has 0 fully saturated rings. The molecular formula is C18H23N3O3S. The smallest absolute Gasteiger partial charge is 0.257 e. The van der Waals surface area contributed by atoms with Gasteiger partial charge in [0.25, 0.3) is 5.91 Å². The summed E-state index contributed by atoms with van der Waals surface area (Å²) in [4.78, 5) is 20.8. The summed E-state index contributed by atoms with van der Waals surface area (Å²) in [5.74, 6) is 0.940. The highest BCUT2D eigenvalue weighted by atomic mass is 32.1. The number of carbonyl (C=O) groups is 1. The minimum Gasteiger partial charge on any atom is -0.497 e. The zero-order valence-corrected chi connectivity index (χ0v) is 15.8. The zero-order valence-electron chi connectivity index (χ0n) is 15.0. The van der Waals surface area contributed by atoms with Crippen LogP contribution in [0.2, 0.25) is 0 Å². The van der Waals surface area contributed by atoms with Crippen molar-refractivity contribution in [3.8, 4) is 11.5 Å². The van der Waals surface area contributed by atoms with Crippen LogP contribution in [0.3, 0.4) is 0 Å². The van der Waals surface area contributed by atoms with Crippen molar-refractivity contribution < 1.29 is 14.3 Å². The van der Waals surface area contributed by atoms with Gasteiger partial charge >= 0.3 is 0 Å². The Morgan fingerprint density at radius 1 is 1.24 bits per heavy atom. The molecule has 1 N–H and O–H groups in total. The summed E-state index contributed by atoms with van der Waals surface area (Å²) in [6.45, 7) is 6.30. The summed E-state index contributed by atoms with van der Waals surface area (Å²) in [5, 5.41) is 3.54. The molecule has 1 aromatic heterocycles. The molecular weight excluding hydrogens is 338 g/mol. The maximum Gasteiger partial charge on any atom is 0.257 e. The van der Waals surface area contributed by atoms with Crippen LogP contribution < -0.4 is 14.8 Å². The molecule has 2 aromatic rings. The number of fused-ring (bicyclic) bond motifs is 1. The third-order valence-corrected chi connectivity index (χ3v) is 5.32. The van der Waals surface area contributed by atoms with E-state index in [9.17, 15) is 4.79 Å². The van der Waals surface area contributed by atoms with E-state index < -0.39 is 0 Å². The Labute approximate surface area is 151 Å². The van der Waals surface area contributed by atoms with E-state index >= 15 is 0 Å². The number of hydrogen-bond acceptors (Lipinski definition) is 6. The van der Waals surface area contributed by atoms with Crippen LogP contribution in [0.25, 0.3) is 0 Å². The van der Waals surface area contributed by atoms with Gasteiger partial charge in [-0.05, 0) is 26.0 Å². The lowest BCUT2D eigenvalue weighted by molar-refractivity contribution is 0.102. The van der Waals surface area contributed by atoms with E-state index in [0.717, 1.165) is 25.2 Å². The summed E-state index contributed by atoms with van der Waals surface area (Å²) in [5.41, 5.74) is 1.58. The number of thiazole rings is 1. The number of anilines is 1. The summed E-state index contributed by atoms with van der Waals surface area (Å²) in [7, 11) is 3.12. The number of nitrogens with one attached hydrogen (secondary N) is 1. The highest BCUT2D eigenvalue weighted by molar-refractivity contribution is 7.15. The fraction of sp³-hybridized carbons (Fsp3) is 0.444. The van der Waals surface area contributed by atoms with Crippen LogP contribution in [0.1, 0.15) is 34.8 Å². The summed E-state index contributed by atoms with van der Waals surface area (Å²) >= 11 is 1.55. The summed E-state index contributed by atoms with van der Waals surface area (Å²) < 4.78 is 10.4. The standard InChI is InChI=1S/C18H23N3O3S/c1-11(2)21-6-5-15-16(10-21)25-18(19-15)20-17(22)12-7-13(23-3)9-14(8-12)24-4/h7-9,11H,5-6,10H2,1-4H3,(H,19,20,22). The molecule has 0 spiro atoms. The van der Waals surface area contributed by atoms with Crippen molar-refractivity contribution in [2.45, 2.75) is 32.9 Å². The molecule has 0 saturated heterocycles. The molecule has 0 bridgehead atoms. The molecule has 134 valence electrons. The number of amides is 1. The first-order chi connectivity index (χ1) is 12.0. The minimum atomic E-state index is -0.219. The average molecular weight is 361 g/mol. The Balaban J connectivity index is 1.76. The third kappa shape index (κ3) is 3.93. The van der Waals surface area contributed by atoms with E-state index in [4.69, 9.17) is 9.47 Å². The molecule has 3 rings (SSSR count). The van der Waals surface area contributed by atoms with Crippen molar-refractivity contribution in [1.29, 1.82) is 0 Å². The quantitative estimate of drug-likeness (QED) is 0.886. The zero-order chi connectivity index (χ0) is 18.0. The van der Waals surface area contributed by atoms with Crippen molar-refractivity contribution in [1.82, 2.24) is 9.88 Å². The molecule has 0 radical (unpaired) electrons. The lowest BCUT2D eigenvalue weighted by Gasteiger charge is -2.29. The van der Waals surface area contributed by atoms with Gasteiger partial charge in [0.15, 0.2) is 5.13 Å². The van der Waals surface area contributed by atoms with Gasteiger partial charge in [-0.2, -0.15) is 0 Å². The predicted molar refractivity (Wildman–Crippen MR) is 98.9 cm³/mol. The van der Waals surface area contributed by atoms with Crippen LogP contribution >= 0.6 is 11.3 Å². The molecule has 7 heteroatoms. The van der Waals surface area contributed by atoms with Crippen LogP contribution in [0, 0.1) is 0 Å². The second kappa shape index (κ2) is 7.41. The number of methoxy groups -OCH3 is 2. The van der Waals surface area contributed by atoms with E-state index in [1.165, 1.54) is 4.88 Å². The Morgan fingerprint density at radius 2 is 1.92 bits per heavy atom. The van der Waals surface area contributed by atoms with Gasteiger partial charge in [0.2, 0.25) is 0 Å². The van der Waals surface area contributed by atoms with Gasteiger partial charge in [-0.15, -0.1) is 11.3 Å². The monoisotopic (exact) mass is 361 g/mol. The predicted octanol–water partition coefficient (Wildman–Crippen LogP) is 3.18. The number of benzene rings is 1. The van der Waals surface area contributed by atoms with E-state index in [-0.39, 0.29) is 5.91 Å². The molecule has 6 nitrogen and oxygen atoms in total. The number of carbonyl (C=O) groups excluding carboxylic acids is 1. The Hall–Kier alpha value is -2.12. The van der Waals surface area contributed by atoms with Crippen LogP contribution in [0.4, 0.5) is 5.13 Å². The normalized spacial score (nSPS) is 14.3. The largest absolute Gasteiger partial charge is 0.497 e. The number of ether oxygens (including phenoxy) is 2. The number of rotatable bonds is 5. The molecule has 1 aromatic carbocycles. The van der Waals surface area contributed by atoms with E-state index in [0.29, 0.717) is 28.2 Å².